The third kappa shape index (κ3) is 3.18. The summed E-state index contributed by atoms with van der Waals surface area (Å²) in [6.45, 7) is 0.498. The van der Waals surface area contributed by atoms with Crippen LogP contribution in [0.5, 0.6) is 0 Å². The maximum absolute atomic E-state index is 13.1. The largest absolute Gasteiger partial charge is 0.329 e. The highest BCUT2D eigenvalue weighted by Gasteiger charge is 2.19. The van der Waals surface area contributed by atoms with Gasteiger partial charge in [0.1, 0.15) is 5.82 Å². The molecule has 0 spiro atoms. The normalized spacial score (nSPS) is 18.5. The lowest BCUT2D eigenvalue weighted by Gasteiger charge is -2.22. The molecule has 0 aliphatic heterocycles. The van der Waals surface area contributed by atoms with Crippen LogP contribution in [0.25, 0.3) is 0 Å². The van der Waals surface area contributed by atoms with Crippen LogP contribution in [-0.2, 0) is 0 Å². The van der Waals surface area contributed by atoms with Crippen LogP contribution in [-0.4, -0.2) is 12.6 Å². The predicted octanol–water partition coefficient (Wildman–Crippen LogP) is 3.01. The molecular formula is C13H18ClFN2. The molecule has 0 heterocycles. The van der Waals surface area contributed by atoms with Gasteiger partial charge in [0.05, 0.1) is 5.02 Å². The molecule has 94 valence electrons. The topological polar surface area (TPSA) is 38.0 Å². The second-order valence-corrected chi connectivity index (χ2v) is 5.02. The molecular weight excluding hydrogens is 239 g/mol. The molecule has 0 radical (unpaired) electrons. The minimum atomic E-state index is -0.382. The summed E-state index contributed by atoms with van der Waals surface area (Å²) >= 11 is 5.79. The molecule has 1 saturated carbocycles. The van der Waals surface area contributed by atoms with Gasteiger partial charge in [-0.05, 0) is 30.5 Å². The quantitative estimate of drug-likeness (QED) is 0.869. The van der Waals surface area contributed by atoms with Crippen molar-refractivity contribution in [1.82, 2.24) is 5.32 Å². The molecule has 1 atom stereocenters. The highest BCUT2D eigenvalue weighted by atomic mass is 35.5. The molecule has 0 aromatic heterocycles. The first kappa shape index (κ1) is 12.8. The van der Waals surface area contributed by atoms with Crippen LogP contribution in [0.2, 0.25) is 5.02 Å². The van der Waals surface area contributed by atoms with Gasteiger partial charge in [-0.25, -0.2) is 4.39 Å². The van der Waals surface area contributed by atoms with Crippen molar-refractivity contribution >= 4 is 11.6 Å². The minimum Gasteiger partial charge on any atom is -0.329 e. The van der Waals surface area contributed by atoms with Crippen LogP contribution in [0.15, 0.2) is 18.2 Å². The van der Waals surface area contributed by atoms with Crippen LogP contribution in [0.4, 0.5) is 4.39 Å². The van der Waals surface area contributed by atoms with E-state index in [9.17, 15) is 4.39 Å². The fourth-order valence-electron chi connectivity index (χ4n) is 2.41. The summed E-state index contributed by atoms with van der Waals surface area (Å²) in [5.41, 5.74) is 6.74. The zero-order valence-corrected chi connectivity index (χ0v) is 10.5. The second-order valence-electron chi connectivity index (χ2n) is 4.61. The molecule has 2 rings (SSSR count). The average Bonchev–Trinajstić information content (AvgIpc) is 2.82. The van der Waals surface area contributed by atoms with Gasteiger partial charge in [0.15, 0.2) is 0 Å². The maximum atomic E-state index is 13.1. The van der Waals surface area contributed by atoms with E-state index >= 15 is 0 Å². The number of hydrogen-bond acceptors (Lipinski definition) is 2. The summed E-state index contributed by atoms with van der Waals surface area (Å²) in [6.07, 6.45) is 4.95. The van der Waals surface area contributed by atoms with E-state index in [1.807, 2.05) is 0 Å². The van der Waals surface area contributed by atoms with E-state index in [0.29, 0.717) is 12.6 Å². The fourth-order valence-corrected chi connectivity index (χ4v) is 2.60. The number of rotatable bonds is 4. The molecule has 1 aromatic carbocycles. The first-order valence-corrected chi connectivity index (χ1v) is 6.49. The van der Waals surface area contributed by atoms with Crippen molar-refractivity contribution in [3.05, 3.63) is 34.6 Å². The average molecular weight is 257 g/mol. The Bertz CT molecular complexity index is 378. The van der Waals surface area contributed by atoms with Gasteiger partial charge in [-0.15, -0.1) is 0 Å². The molecule has 1 fully saturated rings. The van der Waals surface area contributed by atoms with Crippen molar-refractivity contribution in [2.45, 2.75) is 37.8 Å². The Balaban J connectivity index is 2.08. The Morgan fingerprint density at radius 3 is 2.71 bits per heavy atom. The minimum absolute atomic E-state index is 0.0659. The van der Waals surface area contributed by atoms with Gasteiger partial charge in [0, 0.05) is 18.6 Å². The highest BCUT2D eigenvalue weighted by molar-refractivity contribution is 6.30. The molecule has 0 saturated heterocycles. The first-order chi connectivity index (χ1) is 8.20. The summed E-state index contributed by atoms with van der Waals surface area (Å²) in [7, 11) is 0. The Kier molecular flexibility index (Phi) is 4.37. The molecule has 2 nitrogen and oxygen atoms in total. The van der Waals surface area contributed by atoms with E-state index in [-0.39, 0.29) is 16.9 Å². The summed E-state index contributed by atoms with van der Waals surface area (Å²) in [5.74, 6) is -0.382. The van der Waals surface area contributed by atoms with Gasteiger partial charge in [-0.3, -0.25) is 0 Å². The maximum Gasteiger partial charge on any atom is 0.141 e. The van der Waals surface area contributed by atoms with Crippen molar-refractivity contribution in [3.63, 3.8) is 0 Å². The fraction of sp³-hybridized carbons (Fsp3) is 0.538. The van der Waals surface area contributed by atoms with Crippen LogP contribution in [0.1, 0.15) is 37.3 Å². The lowest BCUT2D eigenvalue weighted by Crippen LogP contribution is -2.35. The molecule has 1 unspecified atom stereocenters. The zero-order valence-electron chi connectivity index (χ0n) is 9.76. The van der Waals surface area contributed by atoms with Crippen LogP contribution in [0, 0.1) is 5.82 Å². The van der Waals surface area contributed by atoms with Gasteiger partial charge in [0.2, 0.25) is 0 Å². The Morgan fingerprint density at radius 2 is 2.12 bits per heavy atom. The first-order valence-electron chi connectivity index (χ1n) is 6.12. The Labute approximate surface area is 106 Å². The van der Waals surface area contributed by atoms with Gasteiger partial charge in [-0.1, -0.05) is 30.5 Å². The number of nitrogens with two attached hydrogens (primary N) is 1. The molecule has 1 aliphatic carbocycles. The molecule has 4 heteroatoms. The van der Waals surface area contributed by atoms with Crippen molar-refractivity contribution in [1.29, 1.82) is 0 Å². The van der Waals surface area contributed by atoms with Crippen LogP contribution in [0.3, 0.4) is 0 Å². The molecule has 0 amide bonds. The third-order valence-corrected chi connectivity index (χ3v) is 3.66. The van der Waals surface area contributed by atoms with E-state index in [0.717, 1.165) is 5.56 Å². The van der Waals surface area contributed by atoms with E-state index in [4.69, 9.17) is 17.3 Å². The monoisotopic (exact) mass is 256 g/mol. The van der Waals surface area contributed by atoms with E-state index in [2.05, 4.69) is 5.32 Å². The number of nitrogens with one attached hydrogen (secondary N) is 1. The summed E-state index contributed by atoms with van der Waals surface area (Å²) in [6, 6.07) is 5.41. The summed E-state index contributed by atoms with van der Waals surface area (Å²) < 4.78 is 13.1. The number of hydrogen-bond donors (Lipinski definition) is 2. The number of benzene rings is 1. The SMILES string of the molecule is NCC(NC1CCCC1)c1ccc(F)c(Cl)c1. The van der Waals surface area contributed by atoms with Gasteiger partial charge in [-0.2, -0.15) is 0 Å². The van der Waals surface area contributed by atoms with Crippen LogP contribution >= 0.6 is 11.6 Å². The molecule has 0 bridgehead atoms. The lowest BCUT2D eigenvalue weighted by atomic mass is 10.1. The standard InChI is InChI=1S/C13H18ClFN2/c14-11-7-9(5-6-12(11)15)13(8-16)17-10-3-1-2-4-10/h5-7,10,13,17H,1-4,8,16H2. The van der Waals surface area contributed by atoms with E-state index in [1.54, 1.807) is 12.1 Å². The summed E-state index contributed by atoms with van der Waals surface area (Å²) in [4.78, 5) is 0. The van der Waals surface area contributed by atoms with Gasteiger partial charge >= 0.3 is 0 Å². The van der Waals surface area contributed by atoms with Crippen LogP contribution < -0.4 is 11.1 Å². The summed E-state index contributed by atoms with van der Waals surface area (Å²) in [5, 5.41) is 3.68. The van der Waals surface area contributed by atoms with Gasteiger partial charge < -0.3 is 11.1 Å². The number of halogens is 2. The zero-order chi connectivity index (χ0) is 12.3. The third-order valence-electron chi connectivity index (χ3n) is 3.37. The Hall–Kier alpha value is -0.640. The van der Waals surface area contributed by atoms with Crippen molar-refractivity contribution in [2.75, 3.05) is 6.54 Å². The van der Waals surface area contributed by atoms with E-state index in [1.165, 1.54) is 31.7 Å². The van der Waals surface area contributed by atoms with E-state index < -0.39 is 0 Å². The lowest BCUT2D eigenvalue weighted by molar-refractivity contribution is 0.444. The predicted molar refractivity (Wildman–Crippen MR) is 68.6 cm³/mol. The highest BCUT2D eigenvalue weighted by Crippen LogP contribution is 2.24. The van der Waals surface area contributed by atoms with Crippen molar-refractivity contribution in [3.8, 4) is 0 Å². The van der Waals surface area contributed by atoms with Crippen molar-refractivity contribution in [2.24, 2.45) is 5.73 Å². The van der Waals surface area contributed by atoms with Gasteiger partial charge in [0.25, 0.3) is 0 Å². The second kappa shape index (κ2) is 5.80. The van der Waals surface area contributed by atoms with Crippen molar-refractivity contribution < 1.29 is 4.39 Å². The molecule has 3 N–H and O–H groups in total. The smallest absolute Gasteiger partial charge is 0.141 e. The molecule has 17 heavy (non-hydrogen) atoms. The Morgan fingerprint density at radius 1 is 1.41 bits per heavy atom. The molecule has 1 aliphatic rings. The molecule has 1 aromatic rings.